The number of fused-ring (bicyclic) bond motifs is 1. The lowest BCUT2D eigenvalue weighted by atomic mass is 9.92. The number of aliphatic hydroxyl groups is 1. The number of para-hydroxylation sites is 1. The molecule has 6 amide bonds. The molecule has 0 radical (unpaired) electrons. The van der Waals surface area contributed by atoms with Crippen LogP contribution >= 0.6 is 0 Å². The summed E-state index contributed by atoms with van der Waals surface area (Å²) in [4.78, 5) is 124. The number of unbranched alkanes of at least 4 members (excludes halogenated alkanes) is 1. The van der Waals surface area contributed by atoms with E-state index in [0.29, 0.717) is 38.5 Å². The number of hydrogen-bond donors (Lipinski definition) is 9. The molecule has 1 aromatic heterocycles. The molecule has 1 aromatic carbocycles. The van der Waals surface area contributed by atoms with Crippen LogP contribution in [0.2, 0.25) is 0 Å². The van der Waals surface area contributed by atoms with Gasteiger partial charge in [-0.15, -0.1) is 0 Å². The quantitative estimate of drug-likeness (QED) is 0.106. The van der Waals surface area contributed by atoms with E-state index in [1.807, 2.05) is 24.3 Å². The van der Waals surface area contributed by atoms with Gasteiger partial charge in [0.25, 0.3) is 0 Å². The Morgan fingerprint density at radius 2 is 1.60 bits per heavy atom. The van der Waals surface area contributed by atoms with Crippen molar-refractivity contribution in [3.8, 4) is 0 Å². The second-order valence-corrected chi connectivity index (χ2v) is 16.3. The molecule has 348 valence electrons. The Morgan fingerprint density at radius 3 is 2.25 bits per heavy atom. The summed E-state index contributed by atoms with van der Waals surface area (Å²) >= 11 is 0. The van der Waals surface area contributed by atoms with Crippen molar-refractivity contribution in [3.63, 3.8) is 0 Å². The van der Waals surface area contributed by atoms with Gasteiger partial charge in [-0.05, 0) is 69.5 Å². The largest absolute Gasteiger partial charge is 0.481 e. The van der Waals surface area contributed by atoms with Crippen LogP contribution in [0.5, 0.6) is 0 Å². The fourth-order valence-corrected chi connectivity index (χ4v) is 7.42. The molecular weight excluding hydrogens is 819 g/mol. The van der Waals surface area contributed by atoms with Gasteiger partial charge in [-0.3, -0.25) is 38.4 Å². The van der Waals surface area contributed by atoms with E-state index in [-0.39, 0.29) is 52.0 Å². The van der Waals surface area contributed by atoms with Crippen molar-refractivity contribution in [2.45, 2.75) is 96.1 Å². The molecule has 1 saturated heterocycles. The molecule has 0 aliphatic carbocycles. The molecule has 2 aromatic rings. The van der Waals surface area contributed by atoms with Gasteiger partial charge in [0.1, 0.15) is 0 Å². The number of aliphatic hydroxyl groups excluding tert-OH is 1. The molecule has 20 heteroatoms. The molecule has 3 rings (SSSR count). The number of carbonyl (C=O) groups excluding carboxylic acids is 8. The number of nitrogens with one attached hydrogen (secondary N) is 4. The molecule has 0 unspecified atom stereocenters. The zero-order chi connectivity index (χ0) is 46.5. The number of nitrogens with two attached hydrogens (primary N) is 3. The average Bonchev–Trinajstić information content (AvgIpc) is 3.64. The van der Waals surface area contributed by atoms with Gasteiger partial charge in [-0.1, -0.05) is 25.1 Å². The standard InChI is InChI=1S/C43H65N9O11/c1-27(39(46)59)18-31(54)24-51-16-8-6-14-47-43(63)48-15-7-9-17-52(42(62)34(45)20-29-23-49-35-11-3-2-10-33(29)35)25-32(55)19-28(22-38(57)58)40(60)50-36(12-4-5-13-44)37(56)21-30(26-53)41(51)61/h2-3,10-11,23,27-28,30,34,36,49,53H,4-9,12-22,24-26,44-45H2,1H3,(H2,46,59)(H,50,60)(H,57,58)(H2,47,48,63)/t27-,28+,30+,34+,36+/m1/s1. The van der Waals surface area contributed by atoms with E-state index < -0.39 is 122 Å². The Labute approximate surface area is 366 Å². The van der Waals surface area contributed by atoms with Crippen molar-refractivity contribution >= 4 is 63.9 Å². The smallest absolute Gasteiger partial charge is 0.314 e. The number of amides is 6. The van der Waals surface area contributed by atoms with Crippen LogP contribution < -0.4 is 33.2 Å². The number of carbonyl (C=O) groups is 9. The van der Waals surface area contributed by atoms with Gasteiger partial charge in [0, 0.05) is 68.5 Å². The Balaban J connectivity index is 1.90. The Kier molecular flexibility index (Phi) is 21.9. The molecule has 1 aliphatic rings. The van der Waals surface area contributed by atoms with Gasteiger partial charge in [-0.25, -0.2) is 4.79 Å². The van der Waals surface area contributed by atoms with Crippen LogP contribution in [0, 0.1) is 17.8 Å². The number of Topliss-reactive ketones (excluding diaryl/α,β-unsaturated/α-hetero) is 3. The highest BCUT2D eigenvalue weighted by atomic mass is 16.4. The maximum Gasteiger partial charge on any atom is 0.314 e. The summed E-state index contributed by atoms with van der Waals surface area (Å²) < 4.78 is 0. The number of aromatic nitrogens is 1. The third-order valence-electron chi connectivity index (χ3n) is 11.0. The van der Waals surface area contributed by atoms with Crippen LogP contribution in [0.25, 0.3) is 10.9 Å². The maximum atomic E-state index is 13.9. The van der Waals surface area contributed by atoms with Gasteiger partial charge in [0.15, 0.2) is 17.3 Å². The normalized spacial score (nSPS) is 20.8. The van der Waals surface area contributed by atoms with E-state index in [1.54, 1.807) is 6.20 Å². The van der Waals surface area contributed by atoms with E-state index >= 15 is 0 Å². The molecule has 5 atom stereocenters. The number of carboxylic acids is 1. The van der Waals surface area contributed by atoms with Crippen molar-refractivity contribution in [2.24, 2.45) is 35.0 Å². The number of H-pyrrole nitrogens is 1. The molecule has 1 aliphatic heterocycles. The Hall–Kier alpha value is -5.73. The first-order chi connectivity index (χ1) is 30.0. The first-order valence-electron chi connectivity index (χ1n) is 21.6. The molecule has 63 heavy (non-hydrogen) atoms. The average molecular weight is 884 g/mol. The van der Waals surface area contributed by atoms with Crippen LogP contribution in [-0.2, 0) is 44.8 Å². The SMILES string of the molecule is C[C@H](CC(=O)CN1CCCCNC(=O)NCCCCN(C(=O)[C@@H](N)Cc2c[nH]c3ccccc23)CC(=O)C[C@@H](CC(=O)O)C(=O)N[C@@H](CCCCN)C(=O)C[C@@H](CO)C1=O)C(N)=O. The molecule has 2 heterocycles. The van der Waals surface area contributed by atoms with E-state index in [2.05, 4.69) is 20.9 Å². The first-order valence-corrected chi connectivity index (χ1v) is 21.6. The first kappa shape index (κ1) is 51.6. The van der Waals surface area contributed by atoms with Crippen LogP contribution in [0.15, 0.2) is 30.5 Å². The second-order valence-electron chi connectivity index (χ2n) is 16.3. The van der Waals surface area contributed by atoms with E-state index in [4.69, 9.17) is 17.2 Å². The van der Waals surface area contributed by atoms with Crippen LogP contribution in [0.3, 0.4) is 0 Å². The fraction of sp³-hybridized carbons (Fsp3) is 0.605. The molecule has 12 N–H and O–H groups in total. The summed E-state index contributed by atoms with van der Waals surface area (Å²) in [6.07, 6.45) is 2.02. The summed E-state index contributed by atoms with van der Waals surface area (Å²) in [6, 6.07) is 4.71. The summed E-state index contributed by atoms with van der Waals surface area (Å²) in [5.41, 5.74) is 19.1. The predicted molar refractivity (Wildman–Crippen MR) is 231 cm³/mol. The van der Waals surface area contributed by atoms with Crippen molar-refractivity contribution in [1.82, 2.24) is 30.7 Å². The third kappa shape index (κ3) is 17.5. The highest BCUT2D eigenvalue weighted by Crippen LogP contribution is 2.21. The lowest BCUT2D eigenvalue weighted by Gasteiger charge is -2.28. The van der Waals surface area contributed by atoms with Crippen LogP contribution in [0.1, 0.15) is 83.1 Å². The zero-order valence-electron chi connectivity index (χ0n) is 36.1. The van der Waals surface area contributed by atoms with Gasteiger partial charge >= 0.3 is 12.0 Å². The number of aromatic amines is 1. The van der Waals surface area contributed by atoms with Gasteiger partial charge in [0.05, 0.1) is 50.0 Å². The minimum absolute atomic E-state index is 0.00569. The zero-order valence-corrected chi connectivity index (χ0v) is 36.1. The molecule has 1 fully saturated rings. The monoisotopic (exact) mass is 883 g/mol. The Bertz CT molecular complexity index is 1900. The minimum Gasteiger partial charge on any atom is -0.481 e. The van der Waals surface area contributed by atoms with Gasteiger partial charge in [-0.2, -0.15) is 0 Å². The molecule has 0 saturated carbocycles. The van der Waals surface area contributed by atoms with Gasteiger partial charge in [0.2, 0.25) is 23.6 Å². The number of nitrogens with zero attached hydrogens (tertiary/aromatic N) is 2. The fourth-order valence-electron chi connectivity index (χ4n) is 7.42. The number of carboxylic acid groups (broad SMARTS) is 1. The second kappa shape index (κ2) is 26.7. The van der Waals surface area contributed by atoms with Crippen molar-refractivity contribution < 1.29 is 53.4 Å². The molecule has 0 spiro atoms. The highest BCUT2D eigenvalue weighted by Gasteiger charge is 2.34. The Morgan fingerprint density at radius 1 is 0.921 bits per heavy atom. The number of hydrogen-bond acceptors (Lipinski definition) is 12. The van der Waals surface area contributed by atoms with E-state index in [1.165, 1.54) is 16.7 Å². The molecule has 20 nitrogen and oxygen atoms in total. The van der Waals surface area contributed by atoms with Crippen LogP contribution in [-0.4, -0.2) is 142 Å². The highest BCUT2D eigenvalue weighted by molar-refractivity contribution is 5.97. The van der Waals surface area contributed by atoms with Crippen molar-refractivity contribution in [3.05, 3.63) is 36.0 Å². The molecule has 0 bridgehead atoms. The number of urea groups is 1. The summed E-state index contributed by atoms with van der Waals surface area (Å²) in [6.45, 7) is 0.503. The summed E-state index contributed by atoms with van der Waals surface area (Å²) in [5, 5.41) is 29.1. The minimum atomic E-state index is -1.45. The topological polar surface area (TPSA) is 331 Å². The van der Waals surface area contributed by atoms with E-state index in [9.17, 15) is 53.4 Å². The summed E-state index contributed by atoms with van der Waals surface area (Å²) in [5.74, 6) is -9.64. The van der Waals surface area contributed by atoms with E-state index in [0.717, 1.165) is 16.5 Å². The lowest BCUT2D eigenvalue weighted by Crippen LogP contribution is -2.49. The van der Waals surface area contributed by atoms with Crippen LogP contribution in [0.4, 0.5) is 4.79 Å². The number of ketones is 3. The predicted octanol–water partition coefficient (Wildman–Crippen LogP) is -0.120. The number of primary amides is 1. The van der Waals surface area contributed by atoms with Crippen molar-refractivity contribution in [2.75, 3.05) is 52.4 Å². The number of benzene rings is 1. The number of rotatable bonds is 15. The number of aliphatic carboxylic acids is 1. The van der Waals surface area contributed by atoms with Crippen molar-refractivity contribution in [1.29, 1.82) is 0 Å². The lowest BCUT2D eigenvalue weighted by molar-refractivity contribution is -0.144. The maximum absolute atomic E-state index is 13.9. The van der Waals surface area contributed by atoms with Gasteiger partial charge < -0.3 is 58.1 Å². The molecular formula is C43H65N9O11. The summed E-state index contributed by atoms with van der Waals surface area (Å²) in [7, 11) is 0. The third-order valence-corrected chi connectivity index (χ3v) is 11.0.